The number of hydrogen-bond acceptors (Lipinski definition) is 3. The maximum Gasteiger partial charge on any atom is 0.220 e. The Balaban J connectivity index is 1.71. The van der Waals surface area contributed by atoms with E-state index in [1.54, 1.807) is 6.20 Å². The maximum absolute atomic E-state index is 11.5. The van der Waals surface area contributed by atoms with Crippen molar-refractivity contribution in [2.24, 2.45) is 0 Å². The van der Waals surface area contributed by atoms with Gasteiger partial charge in [-0.2, -0.15) is 15.4 Å². The summed E-state index contributed by atoms with van der Waals surface area (Å²) in [7, 11) is 0. The molecule has 1 aromatic carbocycles. The number of aromatic nitrogens is 3. The molecule has 1 heterocycles. The Kier molecular flexibility index (Phi) is 3.85. The predicted octanol–water partition coefficient (Wildman–Crippen LogP) is 1.05. The molecule has 0 aliphatic carbocycles. The molecule has 0 unspecified atom stereocenters. The van der Waals surface area contributed by atoms with Crippen molar-refractivity contribution in [1.82, 2.24) is 20.7 Å². The van der Waals surface area contributed by atoms with Gasteiger partial charge in [0.05, 0.1) is 12.7 Å². The molecule has 5 nitrogen and oxygen atoms in total. The van der Waals surface area contributed by atoms with E-state index in [2.05, 4.69) is 20.7 Å². The lowest BCUT2D eigenvalue weighted by atomic mass is 10.1. The van der Waals surface area contributed by atoms with Crippen LogP contribution < -0.4 is 5.32 Å². The Morgan fingerprint density at radius 2 is 2.12 bits per heavy atom. The number of benzene rings is 1. The van der Waals surface area contributed by atoms with Crippen LogP contribution in [0.3, 0.4) is 0 Å². The van der Waals surface area contributed by atoms with Crippen molar-refractivity contribution in [3.63, 3.8) is 0 Å². The van der Waals surface area contributed by atoms with Crippen LogP contribution in [-0.2, 0) is 17.8 Å². The third-order valence-electron chi connectivity index (χ3n) is 2.42. The van der Waals surface area contributed by atoms with E-state index < -0.39 is 0 Å². The first-order valence-electron chi connectivity index (χ1n) is 5.50. The Hall–Kier alpha value is -2.17. The van der Waals surface area contributed by atoms with E-state index in [-0.39, 0.29) is 5.91 Å². The fraction of sp³-hybridized carbons (Fsp3) is 0.250. The van der Waals surface area contributed by atoms with Crippen LogP contribution in [0.4, 0.5) is 0 Å². The molecular formula is C12H14N4O. The molecule has 0 spiro atoms. The monoisotopic (exact) mass is 230 g/mol. The van der Waals surface area contributed by atoms with Crippen LogP contribution in [0.1, 0.15) is 17.7 Å². The molecule has 1 amide bonds. The van der Waals surface area contributed by atoms with Gasteiger partial charge in [0.15, 0.2) is 0 Å². The van der Waals surface area contributed by atoms with Gasteiger partial charge in [-0.3, -0.25) is 4.79 Å². The van der Waals surface area contributed by atoms with Crippen LogP contribution in [0, 0.1) is 0 Å². The zero-order chi connectivity index (χ0) is 11.9. The first-order valence-corrected chi connectivity index (χ1v) is 5.50. The number of aromatic amines is 1. The van der Waals surface area contributed by atoms with E-state index in [1.807, 2.05) is 30.3 Å². The summed E-state index contributed by atoms with van der Waals surface area (Å²) >= 11 is 0. The number of rotatable bonds is 5. The lowest BCUT2D eigenvalue weighted by molar-refractivity contribution is -0.121. The summed E-state index contributed by atoms with van der Waals surface area (Å²) in [5.74, 6) is 0.0249. The molecule has 0 saturated heterocycles. The predicted molar refractivity (Wildman–Crippen MR) is 63.0 cm³/mol. The summed E-state index contributed by atoms with van der Waals surface area (Å²) in [6.45, 7) is 0.421. The number of hydrogen-bond donors (Lipinski definition) is 2. The normalized spacial score (nSPS) is 10.1. The number of nitrogens with one attached hydrogen (secondary N) is 2. The quantitative estimate of drug-likeness (QED) is 0.806. The van der Waals surface area contributed by atoms with Gasteiger partial charge in [0, 0.05) is 6.42 Å². The SMILES string of the molecule is O=C(CCc1ccccc1)NCc1cn[nH]n1. The van der Waals surface area contributed by atoms with Gasteiger partial charge in [-0.05, 0) is 12.0 Å². The first kappa shape index (κ1) is 11.3. The van der Waals surface area contributed by atoms with Gasteiger partial charge >= 0.3 is 0 Å². The van der Waals surface area contributed by atoms with Gasteiger partial charge in [0.25, 0.3) is 0 Å². The number of carbonyl (C=O) groups is 1. The second-order valence-corrected chi connectivity index (χ2v) is 3.72. The molecule has 5 heteroatoms. The zero-order valence-electron chi connectivity index (χ0n) is 9.39. The van der Waals surface area contributed by atoms with Crippen LogP contribution in [0.15, 0.2) is 36.5 Å². The van der Waals surface area contributed by atoms with E-state index in [0.717, 1.165) is 12.1 Å². The van der Waals surface area contributed by atoms with Crippen LogP contribution >= 0.6 is 0 Å². The minimum absolute atomic E-state index is 0.0249. The number of nitrogens with zero attached hydrogens (tertiary/aromatic N) is 2. The maximum atomic E-state index is 11.5. The Morgan fingerprint density at radius 3 is 2.82 bits per heavy atom. The Bertz CT molecular complexity index is 453. The first-order chi connectivity index (χ1) is 8.34. The molecule has 0 aliphatic rings. The van der Waals surface area contributed by atoms with Gasteiger partial charge in [0.2, 0.25) is 5.91 Å². The summed E-state index contributed by atoms with van der Waals surface area (Å²) in [6.07, 6.45) is 2.84. The molecule has 0 radical (unpaired) electrons. The molecule has 2 rings (SSSR count). The second-order valence-electron chi connectivity index (χ2n) is 3.72. The van der Waals surface area contributed by atoms with Crippen LogP contribution in [0.5, 0.6) is 0 Å². The third kappa shape index (κ3) is 3.71. The van der Waals surface area contributed by atoms with Crippen molar-refractivity contribution in [3.8, 4) is 0 Å². The fourth-order valence-corrected chi connectivity index (χ4v) is 1.49. The molecule has 2 N–H and O–H groups in total. The van der Waals surface area contributed by atoms with Gasteiger partial charge in [0.1, 0.15) is 5.69 Å². The number of carbonyl (C=O) groups excluding carboxylic acids is 1. The summed E-state index contributed by atoms with van der Waals surface area (Å²) in [6, 6.07) is 9.95. The van der Waals surface area contributed by atoms with E-state index in [4.69, 9.17) is 0 Å². The lowest BCUT2D eigenvalue weighted by Crippen LogP contribution is -2.23. The standard InChI is InChI=1S/C12H14N4O/c17-12(13-8-11-9-14-16-15-11)7-6-10-4-2-1-3-5-10/h1-5,9H,6-8H2,(H,13,17)(H,14,15,16). The highest BCUT2D eigenvalue weighted by Crippen LogP contribution is 2.02. The van der Waals surface area contributed by atoms with Gasteiger partial charge in [-0.25, -0.2) is 0 Å². The highest BCUT2D eigenvalue weighted by atomic mass is 16.1. The van der Waals surface area contributed by atoms with Crippen molar-refractivity contribution >= 4 is 5.91 Å². The summed E-state index contributed by atoms with van der Waals surface area (Å²) in [4.78, 5) is 11.5. The second kappa shape index (κ2) is 5.79. The zero-order valence-corrected chi connectivity index (χ0v) is 9.39. The third-order valence-corrected chi connectivity index (χ3v) is 2.42. The highest BCUT2D eigenvalue weighted by Gasteiger charge is 2.03. The van der Waals surface area contributed by atoms with Crippen molar-refractivity contribution in [1.29, 1.82) is 0 Å². The molecular weight excluding hydrogens is 216 g/mol. The lowest BCUT2D eigenvalue weighted by Gasteiger charge is -2.03. The molecule has 2 aromatic rings. The fourth-order valence-electron chi connectivity index (χ4n) is 1.49. The van der Waals surface area contributed by atoms with Crippen LogP contribution in [0.2, 0.25) is 0 Å². The molecule has 88 valence electrons. The minimum atomic E-state index is 0.0249. The van der Waals surface area contributed by atoms with Crippen LogP contribution in [-0.4, -0.2) is 21.3 Å². The van der Waals surface area contributed by atoms with Crippen molar-refractivity contribution in [2.45, 2.75) is 19.4 Å². The molecule has 0 atom stereocenters. The van der Waals surface area contributed by atoms with Gasteiger partial charge in [-0.15, -0.1) is 0 Å². The molecule has 1 aromatic heterocycles. The Morgan fingerprint density at radius 1 is 1.29 bits per heavy atom. The van der Waals surface area contributed by atoms with E-state index in [9.17, 15) is 4.79 Å². The Labute approximate surface area is 99.2 Å². The average molecular weight is 230 g/mol. The summed E-state index contributed by atoms with van der Waals surface area (Å²) < 4.78 is 0. The van der Waals surface area contributed by atoms with Gasteiger partial charge < -0.3 is 5.32 Å². The van der Waals surface area contributed by atoms with Gasteiger partial charge in [-0.1, -0.05) is 30.3 Å². The number of amides is 1. The molecule has 0 bridgehead atoms. The number of aryl methyl sites for hydroxylation is 1. The largest absolute Gasteiger partial charge is 0.350 e. The van der Waals surface area contributed by atoms with E-state index >= 15 is 0 Å². The van der Waals surface area contributed by atoms with Crippen molar-refractivity contribution < 1.29 is 4.79 Å². The van der Waals surface area contributed by atoms with E-state index in [0.29, 0.717) is 13.0 Å². The molecule has 17 heavy (non-hydrogen) atoms. The van der Waals surface area contributed by atoms with Crippen LogP contribution in [0.25, 0.3) is 0 Å². The average Bonchev–Trinajstić information content (AvgIpc) is 2.88. The molecule has 0 saturated carbocycles. The topological polar surface area (TPSA) is 70.7 Å². The summed E-state index contributed by atoms with van der Waals surface area (Å²) in [5.41, 5.74) is 1.90. The number of H-pyrrole nitrogens is 1. The summed E-state index contributed by atoms with van der Waals surface area (Å²) in [5, 5.41) is 12.8. The highest BCUT2D eigenvalue weighted by molar-refractivity contribution is 5.76. The molecule has 0 fully saturated rings. The van der Waals surface area contributed by atoms with Crippen molar-refractivity contribution in [3.05, 3.63) is 47.8 Å². The molecule has 0 aliphatic heterocycles. The van der Waals surface area contributed by atoms with E-state index in [1.165, 1.54) is 5.56 Å². The smallest absolute Gasteiger partial charge is 0.220 e. The van der Waals surface area contributed by atoms with Crippen molar-refractivity contribution in [2.75, 3.05) is 0 Å². The minimum Gasteiger partial charge on any atom is -0.350 e.